The number of halogens is 3. The van der Waals surface area contributed by atoms with Gasteiger partial charge in [0.2, 0.25) is 11.8 Å². The molecule has 2 amide bonds. The molecule has 0 saturated carbocycles. The highest BCUT2D eigenvalue weighted by Crippen LogP contribution is 2.22. The molecule has 27 heavy (non-hydrogen) atoms. The zero-order chi connectivity index (χ0) is 20.0. The number of hydrogen-bond acceptors (Lipinski definition) is 2. The average Bonchev–Trinajstić information content (AvgIpc) is 2.62. The van der Waals surface area contributed by atoms with Gasteiger partial charge < -0.3 is 10.2 Å². The Labute approximate surface area is 171 Å². The number of hydrogen-bond donors (Lipinski definition) is 1. The summed E-state index contributed by atoms with van der Waals surface area (Å²) >= 11 is 9.46. The lowest BCUT2D eigenvalue weighted by molar-refractivity contribution is -0.140. The van der Waals surface area contributed by atoms with Crippen molar-refractivity contribution in [1.82, 2.24) is 10.2 Å². The Hall–Kier alpha value is -1.92. The molecule has 0 aliphatic carbocycles. The fourth-order valence-corrected chi connectivity index (χ4v) is 3.37. The number of amides is 2. The smallest absolute Gasteiger partial charge is 0.242 e. The van der Waals surface area contributed by atoms with Gasteiger partial charge in [0.15, 0.2) is 0 Å². The van der Waals surface area contributed by atoms with Gasteiger partial charge in [0.05, 0.1) is 6.42 Å². The second-order valence-electron chi connectivity index (χ2n) is 6.10. The Morgan fingerprint density at radius 2 is 1.96 bits per heavy atom. The lowest BCUT2D eigenvalue weighted by atomic mass is 10.1. The minimum absolute atomic E-state index is 0.131. The first-order valence-corrected chi connectivity index (χ1v) is 9.75. The largest absolute Gasteiger partial charge is 0.355 e. The predicted octanol–water partition coefficient (Wildman–Crippen LogP) is 4.34. The fourth-order valence-electron chi connectivity index (χ4n) is 2.69. The summed E-state index contributed by atoms with van der Waals surface area (Å²) < 4.78 is 15.0. The molecule has 144 valence electrons. The van der Waals surface area contributed by atoms with E-state index < -0.39 is 11.9 Å². The van der Waals surface area contributed by atoms with Gasteiger partial charge in [-0.15, -0.1) is 0 Å². The number of likely N-dealkylation sites (N-methyl/N-ethyl adjacent to an activating group) is 1. The molecule has 2 aromatic carbocycles. The van der Waals surface area contributed by atoms with E-state index in [9.17, 15) is 14.0 Å². The normalized spacial score (nSPS) is 11.7. The van der Waals surface area contributed by atoms with Crippen LogP contribution >= 0.6 is 27.5 Å². The maximum Gasteiger partial charge on any atom is 0.242 e. The van der Waals surface area contributed by atoms with Crippen molar-refractivity contribution < 1.29 is 14.0 Å². The maximum absolute atomic E-state index is 14.1. The number of carbonyl (C=O) groups excluding carboxylic acids is 2. The van der Waals surface area contributed by atoms with Crippen molar-refractivity contribution in [3.63, 3.8) is 0 Å². The van der Waals surface area contributed by atoms with Gasteiger partial charge >= 0.3 is 0 Å². The first-order chi connectivity index (χ1) is 12.8. The molecule has 0 saturated heterocycles. The second-order valence-corrected chi connectivity index (χ2v) is 7.42. The molecule has 0 aliphatic rings. The number of rotatable bonds is 7. The molecule has 0 aromatic heterocycles. The van der Waals surface area contributed by atoms with E-state index in [0.29, 0.717) is 6.54 Å². The van der Waals surface area contributed by atoms with E-state index in [1.165, 1.54) is 17.0 Å². The highest BCUT2D eigenvalue weighted by molar-refractivity contribution is 9.10. The standard InChI is InChI=1S/C20H21BrClFN2O2/c1-3-24-20(27)13(2)25(12-14-6-4-7-15(21)10-14)19(26)11-16-17(22)8-5-9-18(16)23/h4-10,13H,3,11-12H2,1-2H3,(H,24,27). The van der Waals surface area contributed by atoms with E-state index in [-0.39, 0.29) is 35.4 Å². The summed E-state index contributed by atoms with van der Waals surface area (Å²) in [6.45, 7) is 4.15. The summed E-state index contributed by atoms with van der Waals surface area (Å²) in [7, 11) is 0. The Kier molecular flexibility index (Phi) is 7.80. The van der Waals surface area contributed by atoms with Crippen molar-refractivity contribution in [2.45, 2.75) is 32.9 Å². The van der Waals surface area contributed by atoms with Gasteiger partial charge in [-0.05, 0) is 43.7 Å². The van der Waals surface area contributed by atoms with Crippen molar-refractivity contribution in [1.29, 1.82) is 0 Å². The highest BCUT2D eigenvalue weighted by Gasteiger charge is 2.27. The third-order valence-corrected chi connectivity index (χ3v) is 5.00. The van der Waals surface area contributed by atoms with Crippen LogP contribution in [0.1, 0.15) is 25.0 Å². The van der Waals surface area contributed by atoms with Crippen molar-refractivity contribution >= 4 is 39.3 Å². The van der Waals surface area contributed by atoms with Crippen LogP contribution in [0.2, 0.25) is 5.02 Å². The van der Waals surface area contributed by atoms with Crippen LogP contribution in [0.5, 0.6) is 0 Å². The van der Waals surface area contributed by atoms with Crippen LogP contribution in [0.25, 0.3) is 0 Å². The second kappa shape index (κ2) is 9.85. The SMILES string of the molecule is CCNC(=O)C(C)N(Cc1cccc(Br)c1)C(=O)Cc1c(F)cccc1Cl. The van der Waals surface area contributed by atoms with Crippen LogP contribution in [0.3, 0.4) is 0 Å². The van der Waals surface area contributed by atoms with Crippen LogP contribution < -0.4 is 5.32 Å². The van der Waals surface area contributed by atoms with Crippen molar-refractivity contribution in [2.75, 3.05) is 6.54 Å². The van der Waals surface area contributed by atoms with Crippen LogP contribution in [0.15, 0.2) is 46.9 Å². The molecule has 4 nitrogen and oxygen atoms in total. The van der Waals surface area contributed by atoms with Gasteiger partial charge in [0.25, 0.3) is 0 Å². The third-order valence-electron chi connectivity index (χ3n) is 4.15. The number of benzene rings is 2. The number of nitrogens with zero attached hydrogens (tertiary/aromatic N) is 1. The van der Waals surface area contributed by atoms with E-state index in [1.807, 2.05) is 31.2 Å². The summed E-state index contributed by atoms with van der Waals surface area (Å²) in [5.41, 5.74) is 0.986. The molecule has 2 rings (SSSR count). The maximum atomic E-state index is 14.1. The molecule has 2 aromatic rings. The van der Waals surface area contributed by atoms with E-state index in [4.69, 9.17) is 11.6 Å². The predicted molar refractivity (Wildman–Crippen MR) is 108 cm³/mol. The molecule has 1 unspecified atom stereocenters. The zero-order valence-electron chi connectivity index (χ0n) is 15.1. The molecular weight excluding hydrogens is 435 g/mol. The van der Waals surface area contributed by atoms with Crippen LogP contribution in [0, 0.1) is 5.82 Å². The van der Waals surface area contributed by atoms with E-state index in [2.05, 4.69) is 21.2 Å². The van der Waals surface area contributed by atoms with Crippen LogP contribution in [-0.4, -0.2) is 29.3 Å². The summed E-state index contributed by atoms with van der Waals surface area (Å²) in [5, 5.41) is 2.91. The fraction of sp³-hybridized carbons (Fsp3) is 0.300. The Bertz CT molecular complexity index is 811. The topological polar surface area (TPSA) is 49.4 Å². The van der Waals surface area contributed by atoms with Gasteiger partial charge in [-0.25, -0.2) is 4.39 Å². The van der Waals surface area contributed by atoms with Crippen molar-refractivity contribution in [3.05, 3.63) is 68.9 Å². The molecule has 0 fully saturated rings. The Balaban J connectivity index is 2.30. The van der Waals surface area contributed by atoms with Gasteiger partial charge in [0, 0.05) is 28.1 Å². The van der Waals surface area contributed by atoms with Gasteiger partial charge in [-0.1, -0.05) is 45.7 Å². The van der Waals surface area contributed by atoms with Crippen LogP contribution in [0.4, 0.5) is 4.39 Å². The van der Waals surface area contributed by atoms with E-state index in [1.54, 1.807) is 13.0 Å². The summed E-state index contributed by atoms with van der Waals surface area (Å²) in [5.74, 6) is -1.18. The van der Waals surface area contributed by atoms with Crippen LogP contribution in [-0.2, 0) is 22.6 Å². The lowest BCUT2D eigenvalue weighted by Gasteiger charge is -2.29. The summed E-state index contributed by atoms with van der Waals surface area (Å²) in [4.78, 5) is 26.7. The average molecular weight is 456 g/mol. The molecule has 1 N–H and O–H groups in total. The van der Waals surface area contributed by atoms with Gasteiger partial charge in [-0.3, -0.25) is 9.59 Å². The highest BCUT2D eigenvalue weighted by atomic mass is 79.9. The molecule has 0 bridgehead atoms. The Morgan fingerprint density at radius 3 is 2.59 bits per heavy atom. The molecular formula is C20H21BrClFN2O2. The first-order valence-electron chi connectivity index (χ1n) is 8.58. The first kappa shape index (κ1) is 21.4. The third kappa shape index (κ3) is 5.78. The Morgan fingerprint density at radius 1 is 1.26 bits per heavy atom. The van der Waals surface area contributed by atoms with Gasteiger partial charge in [-0.2, -0.15) is 0 Å². The van der Waals surface area contributed by atoms with Gasteiger partial charge in [0.1, 0.15) is 11.9 Å². The summed E-state index contributed by atoms with van der Waals surface area (Å²) in [6, 6.07) is 11.1. The molecule has 0 spiro atoms. The van der Waals surface area contributed by atoms with E-state index >= 15 is 0 Å². The van der Waals surface area contributed by atoms with E-state index in [0.717, 1.165) is 10.0 Å². The number of carbonyl (C=O) groups is 2. The monoisotopic (exact) mass is 454 g/mol. The van der Waals surface area contributed by atoms with Crippen molar-refractivity contribution in [3.8, 4) is 0 Å². The summed E-state index contributed by atoms with van der Waals surface area (Å²) in [6.07, 6.45) is -0.219. The number of nitrogens with one attached hydrogen (secondary N) is 1. The molecule has 0 heterocycles. The minimum atomic E-state index is -0.706. The van der Waals surface area contributed by atoms with Crippen molar-refractivity contribution in [2.24, 2.45) is 0 Å². The molecule has 1 atom stereocenters. The quantitative estimate of drug-likeness (QED) is 0.675. The molecule has 0 radical (unpaired) electrons. The molecule has 0 aliphatic heterocycles. The minimum Gasteiger partial charge on any atom is -0.355 e. The molecule has 7 heteroatoms. The zero-order valence-corrected chi connectivity index (χ0v) is 17.5. The lowest BCUT2D eigenvalue weighted by Crippen LogP contribution is -2.48.